The van der Waals surface area contributed by atoms with E-state index < -0.39 is 28.4 Å². The van der Waals surface area contributed by atoms with Crippen LogP contribution in [0.3, 0.4) is 0 Å². The van der Waals surface area contributed by atoms with E-state index in [1.165, 1.54) is 21.3 Å². The summed E-state index contributed by atoms with van der Waals surface area (Å²) in [5.74, 6) is -1.48. The maximum absolute atomic E-state index is 13.0. The number of halogens is 1. The van der Waals surface area contributed by atoms with Crippen molar-refractivity contribution in [2.75, 3.05) is 32.8 Å². The van der Waals surface area contributed by atoms with Gasteiger partial charge in [0.25, 0.3) is 5.91 Å². The van der Waals surface area contributed by atoms with Crippen LogP contribution in [0.5, 0.6) is 0 Å². The minimum atomic E-state index is -3.75. The molecule has 0 radical (unpaired) electrons. The highest BCUT2D eigenvalue weighted by Crippen LogP contribution is 2.18. The van der Waals surface area contributed by atoms with Gasteiger partial charge in [-0.15, -0.1) is 0 Å². The van der Waals surface area contributed by atoms with Crippen LogP contribution in [0, 0.1) is 12.7 Å². The number of carbonyl (C=O) groups excluding carboxylic acids is 2. The van der Waals surface area contributed by atoms with E-state index in [1.807, 2.05) is 13.0 Å². The fraction of sp³-hybridized carbons (Fsp3) is 0.300. The molecular weight excluding hydrogens is 399 g/mol. The van der Waals surface area contributed by atoms with Gasteiger partial charge in [0.05, 0.1) is 10.5 Å². The van der Waals surface area contributed by atoms with E-state index >= 15 is 0 Å². The SMILES string of the molecule is Cc1cccc(C(=O)OCC(=O)N2CCN(S(=O)(=O)c3ccc(F)cc3)CC2)c1. The molecule has 1 amide bonds. The van der Waals surface area contributed by atoms with Crippen LogP contribution in [-0.4, -0.2) is 62.3 Å². The van der Waals surface area contributed by atoms with Crippen LogP contribution in [0.15, 0.2) is 53.4 Å². The number of rotatable bonds is 5. The van der Waals surface area contributed by atoms with Crippen molar-refractivity contribution >= 4 is 21.9 Å². The van der Waals surface area contributed by atoms with Crippen molar-refractivity contribution in [1.29, 1.82) is 0 Å². The van der Waals surface area contributed by atoms with E-state index in [4.69, 9.17) is 4.74 Å². The summed E-state index contributed by atoms with van der Waals surface area (Å²) >= 11 is 0. The van der Waals surface area contributed by atoms with Crippen LogP contribution in [0.2, 0.25) is 0 Å². The van der Waals surface area contributed by atoms with E-state index in [1.54, 1.807) is 18.2 Å². The van der Waals surface area contributed by atoms with Crippen LogP contribution < -0.4 is 0 Å². The largest absolute Gasteiger partial charge is 0.452 e. The van der Waals surface area contributed by atoms with Crippen molar-refractivity contribution in [3.63, 3.8) is 0 Å². The lowest BCUT2D eigenvalue weighted by atomic mass is 10.1. The predicted octanol–water partition coefficient (Wildman–Crippen LogP) is 1.82. The van der Waals surface area contributed by atoms with Gasteiger partial charge >= 0.3 is 5.97 Å². The number of hydrogen-bond acceptors (Lipinski definition) is 5. The molecule has 1 heterocycles. The third-order valence-corrected chi connectivity index (χ3v) is 6.54. The first-order valence-electron chi connectivity index (χ1n) is 9.04. The maximum atomic E-state index is 13.0. The van der Waals surface area contributed by atoms with Crippen LogP contribution in [0.4, 0.5) is 4.39 Å². The molecule has 1 saturated heterocycles. The first-order valence-corrected chi connectivity index (χ1v) is 10.5. The van der Waals surface area contributed by atoms with Crippen LogP contribution in [0.1, 0.15) is 15.9 Å². The fourth-order valence-corrected chi connectivity index (χ4v) is 4.43. The lowest BCUT2D eigenvalue weighted by molar-refractivity contribution is -0.135. The predicted molar refractivity (Wildman–Crippen MR) is 103 cm³/mol. The van der Waals surface area contributed by atoms with Gasteiger partial charge in [0.1, 0.15) is 5.82 Å². The Hall–Kier alpha value is -2.78. The zero-order valence-electron chi connectivity index (χ0n) is 15.9. The van der Waals surface area contributed by atoms with E-state index in [2.05, 4.69) is 0 Å². The lowest BCUT2D eigenvalue weighted by Gasteiger charge is -2.33. The summed E-state index contributed by atoms with van der Waals surface area (Å²) in [6, 6.07) is 11.5. The average molecular weight is 420 g/mol. The molecule has 2 aromatic rings. The second-order valence-electron chi connectivity index (χ2n) is 6.68. The number of hydrogen-bond donors (Lipinski definition) is 0. The van der Waals surface area contributed by atoms with E-state index in [9.17, 15) is 22.4 Å². The normalized spacial score (nSPS) is 15.2. The topological polar surface area (TPSA) is 84.0 Å². The van der Waals surface area contributed by atoms with Crippen molar-refractivity contribution < 1.29 is 27.1 Å². The highest BCUT2D eigenvalue weighted by atomic mass is 32.2. The highest BCUT2D eigenvalue weighted by Gasteiger charge is 2.30. The molecule has 3 rings (SSSR count). The molecular formula is C20H21FN2O5S. The third-order valence-electron chi connectivity index (χ3n) is 4.62. The number of nitrogens with zero attached hydrogens (tertiary/aromatic N) is 2. The third kappa shape index (κ3) is 4.99. The molecule has 2 aromatic carbocycles. The van der Waals surface area contributed by atoms with Gasteiger partial charge in [0, 0.05) is 26.2 Å². The van der Waals surface area contributed by atoms with Crippen molar-refractivity contribution in [3.05, 3.63) is 65.5 Å². The van der Waals surface area contributed by atoms with Gasteiger partial charge in [0.2, 0.25) is 10.0 Å². The Labute approximate surface area is 168 Å². The Kier molecular flexibility index (Phi) is 6.29. The zero-order valence-corrected chi connectivity index (χ0v) is 16.7. The summed E-state index contributed by atoms with van der Waals surface area (Å²) in [6.45, 7) is 2.02. The zero-order chi connectivity index (χ0) is 21.0. The molecule has 0 aliphatic carbocycles. The van der Waals surface area contributed by atoms with Crippen LogP contribution in [-0.2, 0) is 19.6 Å². The van der Waals surface area contributed by atoms with Crippen molar-refractivity contribution in [1.82, 2.24) is 9.21 Å². The second-order valence-corrected chi connectivity index (χ2v) is 8.62. The summed E-state index contributed by atoms with van der Waals surface area (Å²) in [6.07, 6.45) is 0. The van der Waals surface area contributed by atoms with Crippen LogP contribution >= 0.6 is 0 Å². The number of esters is 1. The number of ether oxygens (including phenoxy) is 1. The smallest absolute Gasteiger partial charge is 0.338 e. The Bertz CT molecular complexity index is 1000. The standard InChI is InChI=1S/C20H21FN2O5S/c1-15-3-2-4-16(13-15)20(25)28-14-19(24)22-9-11-23(12-10-22)29(26,27)18-7-5-17(21)6-8-18/h2-8,13H,9-12,14H2,1H3. The molecule has 1 fully saturated rings. The Balaban J connectivity index is 1.53. The summed E-state index contributed by atoms with van der Waals surface area (Å²) in [4.78, 5) is 25.8. The number of aryl methyl sites for hydroxylation is 1. The Morgan fingerprint density at radius 3 is 2.31 bits per heavy atom. The minimum absolute atomic E-state index is 0.00533. The van der Waals surface area contributed by atoms with Gasteiger partial charge < -0.3 is 9.64 Å². The van der Waals surface area contributed by atoms with Crippen molar-refractivity contribution in [3.8, 4) is 0 Å². The molecule has 0 N–H and O–H groups in total. The highest BCUT2D eigenvalue weighted by molar-refractivity contribution is 7.89. The van der Waals surface area contributed by atoms with Gasteiger partial charge in [0.15, 0.2) is 6.61 Å². The molecule has 0 saturated carbocycles. The van der Waals surface area contributed by atoms with E-state index in [-0.39, 0.29) is 37.0 Å². The minimum Gasteiger partial charge on any atom is -0.452 e. The summed E-state index contributed by atoms with van der Waals surface area (Å²) in [5.41, 5.74) is 1.28. The van der Waals surface area contributed by atoms with Gasteiger partial charge in [-0.2, -0.15) is 4.31 Å². The van der Waals surface area contributed by atoms with E-state index in [0.717, 1.165) is 17.7 Å². The van der Waals surface area contributed by atoms with Gasteiger partial charge in [-0.1, -0.05) is 17.7 Å². The summed E-state index contributed by atoms with van der Waals surface area (Å²) in [5, 5.41) is 0. The number of amides is 1. The molecule has 9 heteroatoms. The quantitative estimate of drug-likeness (QED) is 0.689. The first kappa shape index (κ1) is 20.9. The number of piperazine rings is 1. The molecule has 1 aliphatic heterocycles. The van der Waals surface area contributed by atoms with Crippen molar-refractivity contribution in [2.45, 2.75) is 11.8 Å². The van der Waals surface area contributed by atoms with E-state index in [0.29, 0.717) is 5.56 Å². The maximum Gasteiger partial charge on any atom is 0.338 e. The molecule has 0 bridgehead atoms. The molecule has 1 aliphatic rings. The molecule has 154 valence electrons. The molecule has 0 atom stereocenters. The Morgan fingerprint density at radius 1 is 1.03 bits per heavy atom. The van der Waals surface area contributed by atoms with Gasteiger partial charge in [-0.3, -0.25) is 4.79 Å². The molecule has 7 nitrogen and oxygen atoms in total. The number of carbonyl (C=O) groups is 2. The molecule has 29 heavy (non-hydrogen) atoms. The average Bonchev–Trinajstić information content (AvgIpc) is 2.72. The molecule has 0 spiro atoms. The lowest BCUT2D eigenvalue weighted by Crippen LogP contribution is -2.51. The van der Waals surface area contributed by atoms with Crippen molar-refractivity contribution in [2.24, 2.45) is 0 Å². The molecule has 0 aromatic heterocycles. The number of benzene rings is 2. The fourth-order valence-electron chi connectivity index (χ4n) is 3.01. The van der Waals surface area contributed by atoms with Gasteiger partial charge in [-0.05, 0) is 43.3 Å². The monoisotopic (exact) mass is 420 g/mol. The summed E-state index contributed by atoms with van der Waals surface area (Å²) in [7, 11) is -3.75. The second kappa shape index (κ2) is 8.71. The van der Waals surface area contributed by atoms with Crippen LogP contribution in [0.25, 0.3) is 0 Å². The van der Waals surface area contributed by atoms with Gasteiger partial charge in [-0.25, -0.2) is 17.6 Å². The number of sulfonamides is 1. The first-order chi connectivity index (χ1) is 13.8. The summed E-state index contributed by atoms with van der Waals surface area (Å²) < 4.78 is 44.6. The molecule has 0 unspecified atom stereocenters. The Morgan fingerprint density at radius 2 is 1.69 bits per heavy atom.